The highest BCUT2D eigenvalue weighted by Gasteiger charge is 2.18. The van der Waals surface area contributed by atoms with Gasteiger partial charge in [0.2, 0.25) is 5.75 Å². The van der Waals surface area contributed by atoms with Crippen LogP contribution in [-0.2, 0) is 6.54 Å². The molecule has 0 aliphatic heterocycles. The number of nitrogens with zero attached hydrogens (tertiary/aromatic N) is 1. The number of hydrogen-bond donors (Lipinski definition) is 2. The summed E-state index contributed by atoms with van der Waals surface area (Å²) in [5.74, 6) is -0.525. The lowest BCUT2D eigenvalue weighted by Crippen LogP contribution is -2.23. The summed E-state index contributed by atoms with van der Waals surface area (Å²) in [4.78, 5) is 25.6. The molecule has 3 rings (SSSR count). The van der Waals surface area contributed by atoms with Gasteiger partial charge >= 0.3 is 0 Å². The second-order valence-electron chi connectivity index (χ2n) is 7.35. The molecule has 0 atom stereocenters. The molecule has 3 aromatic rings. The molecule has 0 aliphatic rings. The summed E-state index contributed by atoms with van der Waals surface area (Å²) in [6.07, 6.45) is 5.53. The number of ether oxygens (including phenoxy) is 1. The third kappa shape index (κ3) is 5.15. The lowest BCUT2D eigenvalue weighted by atomic mass is 10.1. The van der Waals surface area contributed by atoms with E-state index in [1.54, 1.807) is 47.0 Å². The number of nitrogens with one attached hydrogen (secondary N) is 1. The number of carbonyl (C=O) groups excluding carboxylic acids is 1. The molecule has 6 heteroatoms. The van der Waals surface area contributed by atoms with Gasteiger partial charge in [-0.3, -0.25) is 9.59 Å². The number of aromatic hydroxyl groups is 1. The maximum atomic E-state index is 13.1. The first-order chi connectivity index (χ1) is 15.1. The molecule has 0 fully saturated rings. The number of amides is 1. The Kier molecular flexibility index (Phi) is 7.49. The predicted molar refractivity (Wildman–Crippen MR) is 124 cm³/mol. The predicted octanol–water partition coefficient (Wildman–Crippen LogP) is 5.10. The third-order valence-corrected chi connectivity index (χ3v) is 5.07. The summed E-state index contributed by atoms with van der Waals surface area (Å²) in [6.45, 7) is 6.34. The zero-order chi connectivity index (χ0) is 22.2. The van der Waals surface area contributed by atoms with Crippen LogP contribution in [0.15, 0.2) is 66.0 Å². The fraction of sp³-hybridized carbons (Fsp3) is 0.280. The number of fused-ring (bicyclic) bond motifs is 1. The van der Waals surface area contributed by atoms with Gasteiger partial charge in [-0.25, -0.2) is 0 Å². The van der Waals surface area contributed by atoms with Crippen LogP contribution >= 0.6 is 0 Å². The van der Waals surface area contributed by atoms with Gasteiger partial charge in [0.15, 0.2) is 5.75 Å². The molecule has 31 heavy (non-hydrogen) atoms. The first-order valence-corrected chi connectivity index (χ1v) is 10.6. The molecule has 2 N–H and O–H groups in total. The van der Waals surface area contributed by atoms with Crippen molar-refractivity contribution in [3.63, 3.8) is 0 Å². The molecule has 2 aromatic carbocycles. The van der Waals surface area contributed by atoms with Crippen molar-refractivity contribution in [1.82, 2.24) is 4.57 Å². The standard InChI is InChI=1S/C25H28N2O4/c1-3-5-6-10-15-27-21-17-19(26-24(29)18-11-8-7-9-12-18)13-14-20(21)22(28)23(25(27)30)31-16-4-2/h4,7-9,11-14,17,28H,2-3,5-6,10,15-16H2,1H3,(H,26,29). The highest BCUT2D eigenvalue weighted by atomic mass is 16.5. The smallest absolute Gasteiger partial charge is 0.297 e. The zero-order valence-electron chi connectivity index (χ0n) is 17.8. The summed E-state index contributed by atoms with van der Waals surface area (Å²) in [7, 11) is 0. The Labute approximate surface area is 181 Å². The lowest BCUT2D eigenvalue weighted by Gasteiger charge is -2.16. The van der Waals surface area contributed by atoms with Crippen molar-refractivity contribution in [2.45, 2.75) is 39.2 Å². The van der Waals surface area contributed by atoms with E-state index >= 15 is 0 Å². The minimum Gasteiger partial charge on any atom is -0.504 e. The van der Waals surface area contributed by atoms with Gasteiger partial charge in [-0.2, -0.15) is 0 Å². The van der Waals surface area contributed by atoms with Crippen LogP contribution in [0.3, 0.4) is 0 Å². The number of pyridine rings is 1. The zero-order valence-corrected chi connectivity index (χ0v) is 17.8. The van der Waals surface area contributed by atoms with Crippen LogP contribution in [0, 0.1) is 0 Å². The van der Waals surface area contributed by atoms with Crippen molar-refractivity contribution < 1.29 is 14.6 Å². The van der Waals surface area contributed by atoms with Gasteiger partial charge in [-0.15, -0.1) is 0 Å². The number of unbranched alkanes of at least 4 members (excludes halogenated alkanes) is 3. The van der Waals surface area contributed by atoms with Crippen LogP contribution in [0.4, 0.5) is 5.69 Å². The van der Waals surface area contributed by atoms with Gasteiger partial charge in [0, 0.05) is 23.2 Å². The number of aryl methyl sites for hydroxylation is 1. The SMILES string of the molecule is C=CCOc1c(O)c2ccc(NC(=O)c3ccccc3)cc2n(CCCCCC)c1=O. The Morgan fingerprint density at radius 2 is 1.94 bits per heavy atom. The molecule has 1 amide bonds. The summed E-state index contributed by atoms with van der Waals surface area (Å²) in [5.41, 5.74) is 1.24. The second-order valence-corrected chi connectivity index (χ2v) is 7.35. The largest absolute Gasteiger partial charge is 0.504 e. The van der Waals surface area contributed by atoms with Gasteiger partial charge in [-0.05, 0) is 36.8 Å². The third-order valence-electron chi connectivity index (χ3n) is 5.07. The van der Waals surface area contributed by atoms with Crippen molar-refractivity contribution in [3.8, 4) is 11.5 Å². The maximum Gasteiger partial charge on any atom is 0.297 e. The molecular formula is C25H28N2O4. The van der Waals surface area contributed by atoms with Crippen LogP contribution < -0.4 is 15.6 Å². The Hall–Kier alpha value is -3.54. The lowest BCUT2D eigenvalue weighted by molar-refractivity contribution is 0.102. The maximum absolute atomic E-state index is 13.1. The minimum absolute atomic E-state index is 0.0797. The van der Waals surface area contributed by atoms with E-state index in [1.165, 1.54) is 6.08 Å². The Morgan fingerprint density at radius 1 is 1.16 bits per heavy atom. The van der Waals surface area contributed by atoms with Crippen LogP contribution in [0.25, 0.3) is 10.9 Å². The molecule has 0 aliphatic carbocycles. The first-order valence-electron chi connectivity index (χ1n) is 10.6. The van der Waals surface area contributed by atoms with Gasteiger partial charge < -0.3 is 19.7 Å². The van der Waals surface area contributed by atoms with Crippen LogP contribution in [0.2, 0.25) is 0 Å². The number of rotatable bonds is 10. The molecule has 162 valence electrons. The molecule has 0 saturated carbocycles. The molecule has 1 aromatic heterocycles. The normalized spacial score (nSPS) is 10.7. The van der Waals surface area contributed by atoms with Crippen molar-refractivity contribution in [2.24, 2.45) is 0 Å². The second kappa shape index (κ2) is 10.5. The molecule has 0 radical (unpaired) electrons. The molecule has 0 saturated heterocycles. The monoisotopic (exact) mass is 420 g/mol. The number of anilines is 1. The average Bonchev–Trinajstić information content (AvgIpc) is 2.79. The number of benzene rings is 2. The number of aromatic nitrogens is 1. The van der Waals surface area contributed by atoms with E-state index in [2.05, 4.69) is 18.8 Å². The van der Waals surface area contributed by atoms with E-state index in [0.29, 0.717) is 28.7 Å². The van der Waals surface area contributed by atoms with Crippen LogP contribution in [0.1, 0.15) is 43.0 Å². The molecule has 1 heterocycles. The quantitative estimate of drug-likeness (QED) is 0.353. The van der Waals surface area contributed by atoms with E-state index in [-0.39, 0.29) is 24.0 Å². The fourth-order valence-corrected chi connectivity index (χ4v) is 3.47. The average molecular weight is 421 g/mol. The molecule has 0 unspecified atom stereocenters. The molecule has 0 bridgehead atoms. The van der Waals surface area contributed by atoms with Crippen molar-refractivity contribution in [2.75, 3.05) is 11.9 Å². The highest BCUT2D eigenvalue weighted by Crippen LogP contribution is 2.33. The molecular weight excluding hydrogens is 392 g/mol. The van der Waals surface area contributed by atoms with Crippen molar-refractivity contribution in [1.29, 1.82) is 0 Å². The van der Waals surface area contributed by atoms with Crippen molar-refractivity contribution >= 4 is 22.5 Å². The Morgan fingerprint density at radius 3 is 2.65 bits per heavy atom. The van der Waals surface area contributed by atoms with Gasteiger partial charge in [0.05, 0.1) is 5.52 Å². The summed E-state index contributed by atoms with van der Waals surface area (Å²) in [5, 5.41) is 14.0. The van der Waals surface area contributed by atoms with Crippen LogP contribution in [0.5, 0.6) is 11.5 Å². The van der Waals surface area contributed by atoms with E-state index in [9.17, 15) is 14.7 Å². The number of carbonyl (C=O) groups is 1. The molecule has 0 spiro atoms. The summed E-state index contributed by atoms with van der Waals surface area (Å²) in [6, 6.07) is 14.0. The first kappa shape index (κ1) is 22.2. The summed E-state index contributed by atoms with van der Waals surface area (Å²) >= 11 is 0. The molecule has 6 nitrogen and oxygen atoms in total. The van der Waals surface area contributed by atoms with Gasteiger partial charge in [0.1, 0.15) is 6.61 Å². The Balaban J connectivity index is 2.02. The van der Waals surface area contributed by atoms with Gasteiger partial charge in [0.25, 0.3) is 11.5 Å². The topological polar surface area (TPSA) is 80.6 Å². The van der Waals surface area contributed by atoms with Crippen LogP contribution in [-0.4, -0.2) is 22.2 Å². The van der Waals surface area contributed by atoms with E-state index < -0.39 is 5.56 Å². The number of hydrogen-bond acceptors (Lipinski definition) is 4. The minimum atomic E-state index is -0.394. The fourth-order valence-electron chi connectivity index (χ4n) is 3.47. The Bertz CT molecular complexity index is 1120. The van der Waals surface area contributed by atoms with E-state index in [4.69, 9.17) is 4.74 Å². The van der Waals surface area contributed by atoms with E-state index in [1.807, 2.05) is 6.07 Å². The van der Waals surface area contributed by atoms with Crippen molar-refractivity contribution in [3.05, 3.63) is 77.1 Å². The summed E-state index contributed by atoms with van der Waals surface area (Å²) < 4.78 is 7.09. The van der Waals surface area contributed by atoms with Gasteiger partial charge in [-0.1, -0.05) is 57.0 Å². The van der Waals surface area contributed by atoms with E-state index in [0.717, 1.165) is 25.7 Å². The highest BCUT2D eigenvalue weighted by molar-refractivity contribution is 6.05.